The van der Waals surface area contributed by atoms with Crippen LogP contribution in [0.1, 0.15) is 0 Å². The molecule has 0 aliphatic rings. The van der Waals surface area contributed by atoms with E-state index in [9.17, 15) is 10.1 Å². The number of nitro groups is 1. The van der Waals surface area contributed by atoms with Gasteiger partial charge < -0.3 is 10.5 Å². The van der Waals surface area contributed by atoms with Gasteiger partial charge in [-0.3, -0.25) is 15.1 Å². The van der Waals surface area contributed by atoms with E-state index in [-0.39, 0.29) is 22.4 Å². The van der Waals surface area contributed by atoms with Crippen LogP contribution in [0.15, 0.2) is 24.3 Å². The number of aromatic nitrogens is 1. The molecule has 0 amide bonds. The van der Waals surface area contributed by atoms with Crippen LogP contribution in [0.4, 0.5) is 11.5 Å². The smallest absolute Gasteiger partial charge is 0.289 e. The average molecular weight is 260 g/mol. The standard InChI is InChI=1S/C8H10ClN5O3/c1-17-7(10)4-13(11)8-6(9)2-5(3-12-8)14(15)16/h2-4H,10-11H2,1H3/b7-4+. The third-order valence-electron chi connectivity index (χ3n) is 1.76. The molecule has 0 spiro atoms. The average Bonchev–Trinajstić information content (AvgIpc) is 2.28. The van der Waals surface area contributed by atoms with Gasteiger partial charge in [0.15, 0.2) is 5.82 Å². The third kappa shape index (κ3) is 3.20. The molecule has 17 heavy (non-hydrogen) atoms. The Labute approximate surface area is 102 Å². The van der Waals surface area contributed by atoms with Gasteiger partial charge >= 0.3 is 0 Å². The molecule has 0 aliphatic heterocycles. The van der Waals surface area contributed by atoms with Crippen LogP contribution in [-0.2, 0) is 4.74 Å². The molecule has 8 nitrogen and oxygen atoms in total. The Morgan fingerprint density at radius 3 is 2.88 bits per heavy atom. The van der Waals surface area contributed by atoms with Crippen molar-refractivity contribution in [3.8, 4) is 0 Å². The van der Waals surface area contributed by atoms with Gasteiger partial charge in [-0.15, -0.1) is 0 Å². The SMILES string of the molecule is CO/C(N)=C/N(N)c1ncc([N+](=O)[O-])cc1Cl. The number of hydrazine groups is 1. The van der Waals surface area contributed by atoms with Gasteiger partial charge in [-0.1, -0.05) is 11.6 Å². The van der Waals surface area contributed by atoms with Crippen molar-refractivity contribution in [1.29, 1.82) is 0 Å². The maximum atomic E-state index is 10.5. The fourth-order valence-electron chi connectivity index (χ4n) is 0.961. The quantitative estimate of drug-likeness (QED) is 0.354. The van der Waals surface area contributed by atoms with Crippen molar-refractivity contribution in [3.63, 3.8) is 0 Å². The zero-order chi connectivity index (χ0) is 13.0. The van der Waals surface area contributed by atoms with Crippen molar-refractivity contribution in [1.82, 2.24) is 4.98 Å². The first-order valence-electron chi connectivity index (χ1n) is 4.31. The maximum Gasteiger partial charge on any atom is 0.289 e. The van der Waals surface area contributed by atoms with Gasteiger partial charge in [0, 0.05) is 6.07 Å². The fraction of sp³-hybridized carbons (Fsp3) is 0.125. The summed E-state index contributed by atoms with van der Waals surface area (Å²) in [5.74, 6) is 5.75. The van der Waals surface area contributed by atoms with Gasteiger partial charge in [0.1, 0.15) is 6.20 Å². The van der Waals surface area contributed by atoms with E-state index in [1.165, 1.54) is 13.3 Å². The van der Waals surface area contributed by atoms with Crippen molar-refractivity contribution in [2.75, 3.05) is 12.1 Å². The molecular weight excluding hydrogens is 250 g/mol. The fourth-order valence-corrected chi connectivity index (χ4v) is 1.22. The summed E-state index contributed by atoms with van der Waals surface area (Å²) in [6.07, 6.45) is 2.28. The summed E-state index contributed by atoms with van der Waals surface area (Å²) in [6, 6.07) is 1.14. The highest BCUT2D eigenvalue weighted by atomic mass is 35.5. The lowest BCUT2D eigenvalue weighted by atomic mass is 10.4. The van der Waals surface area contributed by atoms with Crippen LogP contribution >= 0.6 is 11.6 Å². The van der Waals surface area contributed by atoms with Gasteiger partial charge in [-0.25, -0.2) is 10.8 Å². The lowest BCUT2D eigenvalue weighted by Gasteiger charge is -2.14. The number of halogens is 1. The number of rotatable bonds is 4. The number of methoxy groups -OCH3 is 1. The van der Waals surface area contributed by atoms with Crippen LogP contribution in [-0.4, -0.2) is 17.0 Å². The van der Waals surface area contributed by atoms with Gasteiger partial charge in [-0.05, 0) is 0 Å². The van der Waals surface area contributed by atoms with E-state index in [0.29, 0.717) is 0 Å². The van der Waals surface area contributed by atoms with E-state index < -0.39 is 4.92 Å². The summed E-state index contributed by atoms with van der Waals surface area (Å²) in [5, 5.41) is 11.5. The number of nitrogens with zero attached hydrogens (tertiary/aromatic N) is 3. The Kier molecular flexibility index (Phi) is 4.07. The van der Waals surface area contributed by atoms with Crippen molar-refractivity contribution in [2.24, 2.45) is 11.6 Å². The molecule has 0 aliphatic carbocycles. The van der Waals surface area contributed by atoms with E-state index in [2.05, 4.69) is 9.72 Å². The second-order valence-corrected chi connectivity index (χ2v) is 3.31. The maximum absolute atomic E-state index is 10.5. The van der Waals surface area contributed by atoms with Crippen LogP contribution in [0.5, 0.6) is 0 Å². The summed E-state index contributed by atoms with van der Waals surface area (Å²) in [7, 11) is 1.37. The molecule has 0 bridgehead atoms. The molecule has 0 saturated heterocycles. The van der Waals surface area contributed by atoms with Crippen molar-refractivity contribution in [3.05, 3.63) is 39.5 Å². The van der Waals surface area contributed by atoms with Crippen LogP contribution < -0.4 is 16.6 Å². The lowest BCUT2D eigenvalue weighted by Crippen LogP contribution is -2.27. The molecule has 92 valence electrons. The number of hydrogen-bond acceptors (Lipinski definition) is 7. The minimum atomic E-state index is -0.608. The number of pyridine rings is 1. The summed E-state index contributed by atoms with van der Waals surface area (Å²) < 4.78 is 4.68. The van der Waals surface area contributed by atoms with Crippen LogP contribution in [0.2, 0.25) is 5.02 Å². The number of hydrogen-bond donors (Lipinski definition) is 2. The zero-order valence-electron chi connectivity index (χ0n) is 8.83. The molecule has 0 aromatic carbocycles. The predicted octanol–water partition coefficient (Wildman–Crippen LogP) is 0.727. The number of ether oxygens (including phenoxy) is 1. The highest BCUT2D eigenvalue weighted by molar-refractivity contribution is 6.33. The Balaban J connectivity index is 3.04. The number of anilines is 1. The van der Waals surface area contributed by atoms with Crippen LogP contribution in [0.25, 0.3) is 0 Å². The molecule has 1 aromatic heterocycles. The summed E-state index contributed by atoms with van der Waals surface area (Å²) in [6.45, 7) is 0. The largest absolute Gasteiger partial charge is 0.482 e. The van der Waals surface area contributed by atoms with E-state index in [1.807, 2.05) is 0 Å². The Morgan fingerprint density at radius 1 is 1.76 bits per heavy atom. The Bertz CT molecular complexity index is 464. The first kappa shape index (κ1) is 13.0. The van der Waals surface area contributed by atoms with E-state index >= 15 is 0 Å². The minimum absolute atomic E-state index is 0.0295. The van der Waals surface area contributed by atoms with E-state index in [4.69, 9.17) is 23.2 Å². The Hall–Kier alpha value is -2.06. The predicted molar refractivity (Wildman–Crippen MR) is 61.8 cm³/mol. The van der Waals surface area contributed by atoms with Crippen molar-refractivity contribution in [2.45, 2.75) is 0 Å². The molecule has 4 N–H and O–H groups in total. The number of nitrogens with two attached hydrogens (primary N) is 2. The first-order chi connectivity index (χ1) is 7.95. The summed E-state index contributed by atoms with van der Waals surface area (Å²) in [4.78, 5) is 13.6. The lowest BCUT2D eigenvalue weighted by molar-refractivity contribution is -0.385. The van der Waals surface area contributed by atoms with Gasteiger partial charge in [0.25, 0.3) is 5.69 Å². The summed E-state index contributed by atoms with van der Waals surface area (Å²) in [5.41, 5.74) is 5.15. The normalized spacial score (nSPS) is 11.1. The molecule has 0 saturated carbocycles. The molecule has 1 aromatic rings. The third-order valence-corrected chi connectivity index (χ3v) is 2.04. The zero-order valence-corrected chi connectivity index (χ0v) is 9.59. The van der Waals surface area contributed by atoms with Gasteiger partial charge in [-0.2, -0.15) is 0 Å². The monoisotopic (exact) mass is 259 g/mol. The molecule has 0 unspecified atom stereocenters. The topological polar surface area (TPSA) is 121 Å². The van der Waals surface area contributed by atoms with Crippen molar-refractivity contribution < 1.29 is 9.66 Å². The molecule has 1 heterocycles. The molecule has 1 rings (SSSR count). The van der Waals surface area contributed by atoms with Crippen LogP contribution in [0.3, 0.4) is 0 Å². The van der Waals surface area contributed by atoms with Gasteiger partial charge in [0.2, 0.25) is 5.88 Å². The molecule has 0 fully saturated rings. The minimum Gasteiger partial charge on any atom is -0.482 e. The second-order valence-electron chi connectivity index (χ2n) is 2.90. The molecular formula is C8H10ClN5O3. The molecule has 9 heteroatoms. The van der Waals surface area contributed by atoms with Crippen LogP contribution in [0, 0.1) is 10.1 Å². The Morgan fingerprint density at radius 2 is 2.41 bits per heavy atom. The van der Waals surface area contributed by atoms with Gasteiger partial charge in [0.05, 0.1) is 23.3 Å². The molecule has 0 radical (unpaired) electrons. The highest BCUT2D eigenvalue weighted by Crippen LogP contribution is 2.25. The molecule has 0 atom stereocenters. The first-order valence-corrected chi connectivity index (χ1v) is 4.68. The highest BCUT2D eigenvalue weighted by Gasteiger charge is 2.13. The van der Waals surface area contributed by atoms with E-state index in [1.54, 1.807) is 0 Å². The second kappa shape index (κ2) is 5.32. The van der Waals surface area contributed by atoms with E-state index in [0.717, 1.165) is 17.3 Å². The van der Waals surface area contributed by atoms with Crippen molar-refractivity contribution >= 4 is 23.1 Å². The summed E-state index contributed by atoms with van der Waals surface area (Å²) >= 11 is 5.80.